The van der Waals surface area contributed by atoms with Gasteiger partial charge >= 0.3 is 18.3 Å². The number of alkyl halides is 3. The Kier molecular flexibility index (Phi) is 7.48. The maximum absolute atomic E-state index is 14.4. The molecule has 0 aliphatic carbocycles. The number of carboxylic acids is 2. The third kappa shape index (κ3) is 6.87. The molecule has 0 saturated carbocycles. The van der Waals surface area contributed by atoms with E-state index in [9.17, 15) is 27.2 Å². The summed E-state index contributed by atoms with van der Waals surface area (Å²) in [7, 11) is 0. The zero-order valence-corrected chi connectivity index (χ0v) is 16.7. The van der Waals surface area contributed by atoms with E-state index < -0.39 is 42.7 Å². The van der Waals surface area contributed by atoms with Crippen molar-refractivity contribution >= 4 is 11.9 Å². The van der Waals surface area contributed by atoms with Gasteiger partial charge in [-0.15, -0.1) is 13.2 Å². The first-order valence-corrected chi connectivity index (χ1v) is 9.10. The molecule has 6 nitrogen and oxygen atoms in total. The number of aliphatic carboxylic acids is 2. The van der Waals surface area contributed by atoms with E-state index in [0.717, 1.165) is 6.07 Å². The van der Waals surface area contributed by atoms with Gasteiger partial charge in [0.1, 0.15) is 5.75 Å². The number of aryl methyl sites for hydroxylation is 2. The van der Waals surface area contributed by atoms with Gasteiger partial charge in [0.15, 0.2) is 11.6 Å². The highest BCUT2D eigenvalue weighted by molar-refractivity contribution is 5.72. The van der Waals surface area contributed by atoms with E-state index in [1.165, 1.54) is 32.0 Å². The summed E-state index contributed by atoms with van der Waals surface area (Å²) in [5.41, 5.74) is 1.12. The van der Waals surface area contributed by atoms with Crippen LogP contribution in [0.25, 0.3) is 0 Å². The van der Waals surface area contributed by atoms with Crippen molar-refractivity contribution in [3.63, 3.8) is 0 Å². The van der Waals surface area contributed by atoms with E-state index in [1.807, 2.05) is 0 Å². The molecule has 168 valence electrons. The summed E-state index contributed by atoms with van der Waals surface area (Å²) in [6, 6.07) is 5.24. The van der Waals surface area contributed by atoms with Crippen molar-refractivity contribution in [1.29, 1.82) is 0 Å². The van der Waals surface area contributed by atoms with Gasteiger partial charge in [0.2, 0.25) is 0 Å². The Balaban J connectivity index is 2.25. The predicted octanol–water partition coefficient (Wildman–Crippen LogP) is 4.22. The maximum atomic E-state index is 14.4. The van der Waals surface area contributed by atoms with Crippen molar-refractivity contribution in [3.05, 3.63) is 57.9 Å². The molecule has 0 saturated heterocycles. The van der Waals surface area contributed by atoms with Crippen LogP contribution < -0.4 is 9.47 Å². The molecule has 10 heteroatoms. The first-order chi connectivity index (χ1) is 14.4. The molecule has 0 radical (unpaired) electrons. The lowest BCUT2D eigenvalue weighted by Gasteiger charge is -2.17. The number of benzene rings is 2. The Morgan fingerprint density at radius 2 is 1.55 bits per heavy atom. The Morgan fingerprint density at radius 1 is 0.935 bits per heavy atom. The Bertz CT molecular complexity index is 985. The van der Waals surface area contributed by atoms with Crippen LogP contribution in [0.5, 0.6) is 11.5 Å². The van der Waals surface area contributed by atoms with Crippen LogP contribution in [0.2, 0.25) is 0 Å². The molecule has 31 heavy (non-hydrogen) atoms. The van der Waals surface area contributed by atoms with Gasteiger partial charge in [-0.05, 0) is 36.6 Å². The second kappa shape index (κ2) is 9.67. The zero-order chi connectivity index (χ0) is 23.3. The van der Waals surface area contributed by atoms with Crippen molar-refractivity contribution in [3.8, 4) is 11.5 Å². The summed E-state index contributed by atoms with van der Waals surface area (Å²) >= 11 is 0. The Labute approximate surface area is 175 Å². The first-order valence-electron chi connectivity index (χ1n) is 9.10. The largest absolute Gasteiger partial charge is 0.573 e. The number of rotatable bonds is 9. The lowest BCUT2D eigenvalue weighted by atomic mass is 9.99. The lowest BCUT2D eigenvalue weighted by molar-refractivity contribution is -0.275. The minimum Gasteiger partial charge on any atom is -0.490 e. The first kappa shape index (κ1) is 24.0. The van der Waals surface area contributed by atoms with Crippen LogP contribution in [0, 0.1) is 19.7 Å². The van der Waals surface area contributed by atoms with Gasteiger partial charge < -0.3 is 19.7 Å². The van der Waals surface area contributed by atoms with E-state index in [1.54, 1.807) is 0 Å². The average molecular weight is 444 g/mol. The second-order valence-electron chi connectivity index (χ2n) is 6.86. The molecular formula is C21H20F4O6. The number of carbonyl (C=O) groups is 2. The van der Waals surface area contributed by atoms with Crippen LogP contribution in [-0.4, -0.2) is 35.1 Å². The number of hydrogen-bond donors (Lipinski definition) is 2. The highest BCUT2D eigenvalue weighted by atomic mass is 19.4. The molecule has 0 atom stereocenters. The van der Waals surface area contributed by atoms with Crippen molar-refractivity contribution in [2.45, 2.75) is 39.5 Å². The van der Waals surface area contributed by atoms with E-state index in [-0.39, 0.29) is 35.5 Å². The summed E-state index contributed by atoms with van der Waals surface area (Å²) in [5, 5.41) is 18.0. The summed E-state index contributed by atoms with van der Waals surface area (Å²) in [5.74, 6) is -4.01. The molecule has 0 amide bonds. The highest BCUT2D eigenvalue weighted by Crippen LogP contribution is 2.31. The molecule has 0 heterocycles. The molecule has 0 aliphatic heterocycles. The molecular weight excluding hydrogens is 424 g/mol. The smallest absolute Gasteiger partial charge is 0.490 e. The number of carboxylic acid groups (broad SMARTS) is 2. The van der Waals surface area contributed by atoms with Gasteiger partial charge in [0.05, 0.1) is 19.4 Å². The molecule has 0 bridgehead atoms. The van der Waals surface area contributed by atoms with E-state index in [2.05, 4.69) is 4.74 Å². The maximum Gasteiger partial charge on any atom is 0.573 e. The molecule has 2 N–H and O–H groups in total. The fourth-order valence-corrected chi connectivity index (χ4v) is 2.98. The Morgan fingerprint density at radius 3 is 2.13 bits per heavy atom. The van der Waals surface area contributed by atoms with Crippen molar-refractivity contribution in [2.24, 2.45) is 0 Å². The van der Waals surface area contributed by atoms with Crippen molar-refractivity contribution in [1.82, 2.24) is 0 Å². The van der Waals surface area contributed by atoms with Crippen molar-refractivity contribution < 1.29 is 46.8 Å². The fourth-order valence-electron chi connectivity index (χ4n) is 2.98. The molecule has 0 fully saturated rings. The molecule has 0 spiro atoms. The van der Waals surface area contributed by atoms with Gasteiger partial charge in [0, 0.05) is 17.5 Å². The summed E-state index contributed by atoms with van der Waals surface area (Å²) in [6.07, 6.45) is -6.00. The SMILES string of the molecule is Cc1cc(OC(F)(F)F)c(CC(=O)O)cc1CCOc1c(CC(=O)O)ccc(C)c1F. The monoisotopic (exact) mass is 444 g/mol. The van der Waals surface area contributed by atoms with E-state index >= 15 is 0 Å². The summed E-state index contributed by atoms with van der Waals surface area (Å²) < 4.78 is 61.7. The third-order valence-electron chi connectivity index (χ3n) is 4.42. The zero-order valence-electron chi connectivity index (χ0n) is 16.7. The molecule has 2 rings (SSSR count). The second-order valence-corrected chi connectivity index (χ2v) is 6.86. The van der Waals surface area contributed by atoms with Gasteiger partial charge in [-0.1, -0.05) is 18.2 Å². The summed E-state index contributed by atoms with van der Waals surface area (Å²) in [4.78, 5) is 22.0. The topological polar surface area (TPSA) is 93.1 Å². The Hall–Kier alpha value is -3.30. The van der Waals surface area contributed by atoms with Crippen LogP contribution in [0.1, 0.15) is 27.8 Å². The predicted molar refractivity (Wildman–Crippen MR) is 101 cm³/mol. The minimum atomic E-state index is -4.98. The van der Waals surface area contributed by atoms with Crippen LogP contribution in [0.4, 0.5) is 17.6 Å². The number of halogens is 4. The van der Waals surface area contributed by atoms with Gasteiger partial charge in [-0.25, -0.2) is 4.39 Å². The van der Waals surface area contributed by atoms with Gasteiger partial charge in [0.25, 0.3) is 0 Å². The van der Waals surface area contributed by atoms with Crippen LogP contribution >= 0.6 is 0 Å². The van der Waals surface area contributed by atoms with Crippen LogP contribution in [0.15, 0.2) is 24.3 Å². The quantitative estimate of drug-likeness (QED) is 0.563. The van der Waals surface area contributed by atoms with Crippen molar-refractivity contribution in [2.75, 3.05) is 6.61 Å². The molecule has 0 aliphatic rings. The lowest BCUT2D eigenvalue weighted by Crippen LogP contribution is -2.19. The molecule has 2 aromatic carbocycles. The number of ether oxygens (including phenoxy) is 2. The minimum absolute atomic E-state index is 0.111. The normalized spacial score (nSPS) is 11.3. The average Bonchev–Trinajstić information content (AvgIpc) is 2.62. The van der Waals surface area contributed by atoms with E-state index in [4.69, 9.17) is 14.9 Å². The molecule has 2 aromatic rings. The molecule has 0 aromatic heterocycles. The highest BCUT2D eigenvalue weighted by Gasteiger charge is 2.32. The number of hydrogen-bond acceptors (Lipinski definition) is 4. The van der Waals surface area contributed by atoms with E-state index in [0.29, 0.717) is 11.1 Å². The fraction of sp³-hybridized carbons (Fsp3) is 0.333. The standard InChI is InChI=1S/C21H20F4O6/c1-11-3-4-14(9-17(26)27)20(19(11)22)30-6-5-13-8-15(10-18(28)29)16(7-12(13)2)31-21(23,24)25/h3-4,7-8H,5-6,9-10H2,1-2H3,(H,26,27)(H,28,29). The molecule has 0 unspecified atom stereocenters. The third-order valence-corrected chi connectivity index (χ3v) is 4.42. The van der Waals surface area contributed by atoms with Crippen LogP contribution in [0.3, 0.4) is 0 Å². The van der Waals surface area contributed by atoms with Crippen LogP contribution in [-0.2, 0) is 28.9 Å². The summed E-state index contributed by atoms with van der Waals surface area (Å²) in [6.45, 7) is 2.90. The van der Waals surface area contributed by atoms with Gasteiger partial charge in [-0.3, -0.25) is 9.59 Å². The van der Waals surface area contributed by atoms with Gasteiger partial charge in [-0.2, -0.15) is 0 Å².